The second-order valence-electron chi connectivity index (χ2n) is 4.30. The summed E-state index contributed by atoms with van der Waals surface area (Å²) in [4.78, 5) is 15.3. The molecule has 0 saturated heterocycles. The summed E-state index contributed by atoms with van der Waals surface area (Å²) in [5.74, 6) is 0.519. The van der Waals surface area contributed by atoms with Crippen LogP contribution in [0.25, 0.3) is 0 Å². The van der Waals surface area contributed by atoms with E-state index >= 15 is 0 Å². The number of primary amides is 1. The minimum atomic E-state index is -0.463. The van der Waals surface area contributed by atoms with E-state index in [9.17, 15) is 4.79 Å². The topological polar surface area (TPSA) is 91.2 Å². The van der Waals surface area contributed by atoms with Gasteiger partial charge in [-0.2, -0.15) is 0 Å². The normalized spacial score (nSPS) is 10.2. The first-order chi connectivity index (χ1) is 8.99. The molecule has 0 fully saturated rings. The Morgan fingerprint density at radius 2 is 1.89 bits per heavy atom. The Hall–Kier alpha value is -2.56. The van der Waals surface area contributed by atoms with Crippen molar-refractivity contribution in [2.45, 2.75) is 13.8 Å². The third kappa shape index (κ3) is 2.65. The van der Waals surface area contributed by atoms with Crippen molar-refractivity contribution in [1.82, 2.24) is 4.98 Å². The number of aryl methyl sites for hydroxylation is 2. The molecule has 5 heteroatoms. The molecule has 5 nitrogen and oxygen atoms in total. The van der Waals surface area contributed by atoms with E-state index < -0.39 is 5.91 Å². The van der Waals surface area contributed by atoms with Crippen LogP contribution in [0.3, 0.4) is 0 Å². The van der Waals surface area contributed by atoms with Gasteiger partial charge in [0.05, 0.1) is 5.69 Å². The Morgan fingerprint density at radius 3 is 2.42 bits per heavy atom. The van der Waals surface area contributed by atoms with Crippen LogP contribution in [0.5, 0.6) is 11.6 Å². The van der Waals surface area contributed by atoms with Crippen molar-refractivity contribution in [1.29, 1.82) is 0 Å². The molecule has 2 aromatic rings. The number of nitrogens with two attached hydrogens (primary N) is 2. The van der Waals surface area contributed by atoms with Gasteiger partial charge in [-0.3, -0.25) is 4.79 Å². The maximum Gasteiger partial charge on any atom is 0.248 e. The Labute approximate surface area is 111 Å². The molecule has 0 bridgehead atoms. The van der Waals surface area contributed by atoms with Crippen LogP contribution in [-0.2, 0) is 0 Å². The van der Waals surface area contributed by atoms with Crippen LogP contribution in [-0.4, -0.2) is 10.9 Å². The van der Waals surface area contributed by atoms with E-state index in [1.807, 2.05) is 13.8 Å². The monoisotopic (exact) mass is 257 g/mol. The fraction of sp³-hybridized carbons (Fsp3) is 0.143. The zero-order chi connectivity index (χ0) is 14.0. The molecule has 2 rings (SSSR count). The number of hydrogen-bond acceptors (Lipinski definition) is 4. The number of amides is 1. The highest BCUT2D eigenvalue weighted by Gasteiger charge is 2.12. The van der Waals surface area contributed by atoms with Crippen molar-refractivity contribution >= 4 is 11.6 Å². The molecule has 0 aliphatic heterocycles. The van der Waals surface area contributed by atoms with Crippen molar-refractivity contribution < 1.29 is 9.53 Å². The van der Waals surface area contributed by atoms with Crippen LogP contribution in [0.15, 0.2) is 30.5 Å². The van der Waals surface area contributed by atoms with Gasteiger partial charge in [-0.25, -0.2) is 4.98 Å². The molecule has 1 amide bonds. The van der Waals surface area contributed by atoms with Crippen molar-refractivity contribution in [3.05, 3.63) is 47.2 Å². The maximum atomic E-state index is 11.2. The highest BCUT2D eigenvalue weighted by atomic mass is 16.5. The Morgan fingerprint density at radius 1 is 1.26 bits per heavy atom. The predicted molar refractivity (Wildman–Crippen MR) is 73.2 cm³/mol. The fourth-order valence-electron chi connectivity index (χ4n) is 1.84. The molecule has 0 aliphatic rings. The van der Waals surface area contributed by atoms with E-state index in [2.05, 4.69) is 4.98 Å². The van der Waals surface area contributed by atoms with Gasteiger partial charge in [0.2, 0.25) is 11.8 Å². The second kappa shape index (κ2) is 4.97. The molecular formula is C14H15N3O2. The summed E-state index contributed by atoms with van der Waals surface area (Å²) in [6, 6.07) is 6.82. The molecule has 0 atom stereocenters. The number of hydrogen-bond donors (Lipinski definition) is 2. The minimum Gasteiger partial charge on any atom is -0.437 e. The standard InChI is InChI=1S/C14H15N3O2/c1-8-6-10(13(16)18)7-9(2)12(8)19-14-11(15)4-3-5-17-14/h3-7H,15H2,1-2H3,(H2,16,18). The summed E-state index contributed by atoms with van der Waals surface area (Å²) in [6.07, 6.45) is 1.61. The highest BCUT2D eigenvalue weighted by Crippen LogP contribution is 2.31. The molecule has 1 heterocycles. The van der Waals surface area contributed by atoms with Crippen LogP contribution in [0, 0.1) is 13.8 Å². The van der Waals surface area contributed by atoms with E-state index in [4.69, 9.17) is 16.2 Å². The SMILES string of the molecule is Cc1cc(C(N)=O)cc(C)c1Oc1ncccc1N. The van der Waals surface area contributed by atoms with Crippen LogP contribution < -0.4 is 16.2 Å². The van der Waals surface area contributed by atoms with Gasteiger partial charge in [-0.05, 0) is 49.2 Å². The Balaban J connectivity index is 2.42. The van der Waals surface area contributed by atoms with Gasteiger partial charge in [0.15, 0.2) is 0 Å². The number of carbonyl (C=O) groups excluding carboxylic acids is 1. The van der Waals surface area contributed by atoms with Gasteiger partial charge in [0.1, 0.15) is 5.75 Å². The highest BCUT2D eigenvalue weighted by molar-refractivity contribution is 5.93. The van der Waals surface area contributed by atoms with Crippen LogP contribution in [0.4, 0.5) is 5.69 Å². The first kappa shape index (κ1) is 12.9. The smallest absolute Gasteiger partial charge is 0.248 e. The van der Waals surface area contributed by atoms with Gasteiger partial charge in [0, 0.05) is 11.8 Å². The van der Waals surface area contributed by atoms with Gasteiger partial charge >= 0.3 is 0 Å². The van der Waals surface area contributed by atoms with Crippen LogP contribution in [0.2, 0.25) is 0 Å². The lowest BCUT2D eigenvalue weighted by molar-refractivity contribution is 0.1000. The van der Waals surface area contributed by atoms with Gasteiger partial charge in [-0.15, -0.1) is 0 Å². The molecule has 98 valence electrons. The van der Waals surface area contributed by atoms with E-state index in [1.165, 1.54) is 0 Å². The number of aromatic nitrogens is 1. The summed E-state index contributed by atoms with van der Waals surface area (Å²) in [5.41, 5.74) is 13.6. The maximum absolute atomic E-state index is 11.2. The quantitative estimate of drug-likeness (QED) is 0.881. The second-order valence-corrected chi connectivity index (χ2v) is 4.30. The van der Waals surface area contributed by atoms with Crippen molar-refractivity contribution in [2.24, 2.45) is 5.73 Å². The van der Waals surface area contributed by atoms with Gasteiger partial charge in [-0.1, -0.05) is 0 Å². The van der Waals surface area contributed by atoms with Crippen LogP contribution >= 0.6 is 0 Å². The number of anilines is 1. The van der Waals surface area contributed by atoms with E-state index in [0.717, 1.165) is 11.1 Å². The molecule has 4 N–H and O–H groups in total. The zero-order valence-corrected chi connectivity index (χ0v) is 10.8. The third-order valence-electron chi connectivity index (χ3n) is 2.74. The molecule has 0 saturated carbocycles. The number of nitrogen functional groups attached to an aromatic ring is 1. The minimum absolute atomic E-state index is 0.348. The fourth-order valence-corrected chi connectivity index (χ4v) is 1.84. The van der Waals surface area contributed by atoms with Crippen LogP contribution in [0.1, 0.15) is 21.5 Å². The molecule has 1 aromatic carbocycles. The number of rotatable bonds is 3. The lowest BCUT2D eigenvalue weighted by Gasteiger charge is -2.13. The number of ether oxygens (including phenoxy) is 1. The Bertz CT molecular complexity index is 615. The average molecular weight is 257 g/mol. The van der Waals surface area contributed by atoms with E-state index in [0.29, 0.717) is 22.9 Å². The molecule has 1 aromatic heterocycles. The first-order valence-electron chi connectivity index (χ1n) is 5.78. The zero-order valence-electron chi connectivity index (χ0n) is 10.8. The summed E-state index contributed by atoms with van der Waals surface area (Å²) < 4.78 is 5.72. The van der Waals surface area contributed by atoms with E-state index in [1.54, 1.807) is 30.5 Å². The lowest BCUT2D eigenvalue weighted by Crippen LogP contribution is -2.11. The molecule has 0 aliphatic carbocycles. The van der Waals surface area contributed by atoms with Gasteiger partial charge < -0.3 is 16.2 Å². The van der Waals surface area contributed by atoms with Crippen molar-refractivity contribution in [3.8, 4) is 11.6 Å². The summed E-state index contributed by atoms with van der Waals surface area (Å²) >= 11 is 0. The molecule has 0 unspecified atom stereocenters. The Kier molecular flexibility index (Phi) is 3.37. The number of carbonyl (C=O) groups is 1. The molecule has 19 heavy (non-hydrogen) atoms. The van der Waals surface area contributed by atoms with E-state index in [-0.39, 0.29) is 0 Å². The number of benzene rings is 1. The predicted octanol–water partition coefficient (Wildman–Crippen LogP) is 2.17. The average Bonchev–Trinajstić information content (AvgIpc) is 2.35. The lowest BCUT2D eigenvalue weighted by atomic mass is 10.1. The number of nitrogens with zero attached hydrogens (tertiary/aromatic N) is 1. The van der Waals surface area contributed by atoms with Crippen molar-refractivity contribution in [2.75, 3.05) is 5.73 Å². The van der Waals surface area contributed by atoms with Crippen molar-refractivity contribution in [3.63, 3.8) is 0 Å². The van der Waals surface area contributed by atoms with Gasteiger partial charge in [0.25, 0.3) is 0 Å². The third-order valence-corrected chi connectivity index (χ3v) is 2.74. The molecule has 0 spiro atoms. The summed E-state index contributed by atoms with van der Waals surface area (Å²) in [6.45, 7) is 3.68. The number of pyridine rings is 1. The molecule has 0 radical (unpaired) electrons. The summed E-state index contributed by atoms with van der Waals surface area (Å²) in [7, 11) is 0. The summed E-state index contributed by atoms with van der Waals surface area (Å²) in [5, 5.41) is 0. The largest absolute Gasteiger partial charge is 0.437 e. The molecular weight excluding hydrogens is 242 g/mol. The first-order valence-corrected chi connectivity index (χ1v) is 5.78.